The van der Waals surface area contributed by atoms with Crippen LogP contribution in [0.5, 0.6) is 0 Å². The Morgan fingerprint density at radius 3 is 2.42 bits per heavy atom. The van der Waals surface area contributed by atoms with Crippen LogP contribution < -0.4 is 4.72 Å². The van der Waals surface area contributed by atoms with E-state index in [9.17, 15) is 13.2 Å². The number of benzene rings is 1. The molecule has 1 N–H and O–H groups in total. The molecule has 0 radical (unpaired) electrons. The van der Waals surface area contributed by atoms with E-state index in [4.69, 9.17) is 0 Å². The molecule has 1 saturated heterocycles. The molecule has 8 heteroatoms. The highest BCUT2D eigenvalue weighted by atomic mass is 79.9. The van der Waals surface area contributed by atoms with Gasteiger partial charge in [0.15, 0.2) is 0 Å². The molecule has 3 rings (SSSR count). The largest absolute Gasteiger partial charge is 0.339 e. The predicted octanol–water partition coefficient (Wildman–Crippen LogP) is 3.09. The van der Waals surface area contributed by atoms with E-state index in [1.165, 1.54) is 11.3 Å². The number of carbonyl (C=O) groups is 1. The number of sulfonamides is 1. The molecule has 5 nitrogen and oxygen atoms in total. The Labute approximate surface area is 153 Å². The number of rotatable bonds is 4. The van der Waals surface area contributed by atoms with Crippen molar-refractivity contribution in [3.8, 4) is 0 Å². The Morgan fingerprint density at radius 2 is 1.83 bits per heavy atom. The number of nitrogens with zero attached hydrogens (tertiary/aromatic N) is 1. The fourth-order valence-electron chi connectivity index (χ4n) is 2.67. The molecule has 1 aromatic carbocycles. The first-order valence-electron chi connectivity index (χ1n) is 7.56. The molecule has 24 heavy (non-hydrogen) atoms. The van der Waals surface area contributed by atoms with Gasteiger partial charge in [0.1, 0.15) is 4.21 Å². The topological polar surface area (TPSA) is 66.5 Å². The fraction of sp³-hybridized carbons (Fsp3) is 0.312. The molecule has 0 aliphatic carbocycles. The van der Waals surface area contributed by atoms with Crippen LogP contribution in [0.1, 0.15) is 23.2 Å². The molecule has 2 aromatic rings. The van der Waals surface area contributed by atoms with Crippen LogP contribution in [-0.2, 0) is 10.0 Å². The molecule has 1 fully saturated rings. The summed E-state index contributed by atoms with van der Waals surface area (Å²) in [4.78, 5) is 14.2. The Hall–Kier alpha value is -1.22. The maximum Gasteiger partial charge on any atom is 0.253 e. The molecule has 0 bridgehead atoms. The van der Waals surface area contributed by atoms with Crippen molar-refractivity contribution >= 4 is 43.2 Å². The lowest BCUT2D eigenvalue weighted by Crippen LogP contribution is -2.46. The van der Waals surface area contributed by atoms with Gasteiger partial charge in [0.25, 0.3) is 5.91 Å². The number of piperidine rings is 1. The third-order valence-electron chi connectivity index (χ3n) is 3.96. The number of hydrogen-bond donors (Lipinski definition) is 1. The van der Waals surface area contributed by atoms with Crippen molar-refractivity contribution in [1.29, 1.82) is 0 Å². The van der Waals surface area contributed by atoms with Crippen LogP contribution in [0.2, 0.25) is 0 Å². The Kier molecular flexibility index (Phi) is 5.39. The second-order valence-corrected chi connectivity index (χ2v) is 9.43. The van der Waals surface area contributed by atoms with E-state index in [1.807, 2.05) is 12.1 Å². The highest BCUT2D eigenvalue weighted by Gasteiger charge is 2.27. The quantitative estimate of drug-likeness (QED) is 0.813. The Balaban J connectivity index is 1.58. The van der Waals surface area contributed by atoms with Gasteiger partial charge in [0, 0.05) is 29.2 Å². The third kappa shape index (κ3) is 4.05. The average molecular weight is 429 g/mol. The highest BCUT2D eigenvalue weighted by Crippen LogP contribution is 2.20. The minimum Gasteiger partial charge on any atom is -0.339 e. The summed E-state index contributed by atoms with van der Waals surface area (Å²) in [5, 5.41) is 1.74. The van der Waals surface area contributed by atoms with Crippen LogP contribution in [0.15, 0.2) is 50.5 Å². The predicted molar refractivity (Wildman–Crippen MR) is 97.7 cm³/mol. The summed E-state index contributed by atoms with van der Waals surface area (Å²) < 4.78 is 28.5. The molecular weight excluding hydrogens is 412 g/mol. The smallest absolute Gasteiger partial charge is 0.253 e. The average Bonchev–Trinajstić information content (AvgIpc) is 3.11. The van der Waals surface area contributed by atoms with Crippen molar-refractivity contribution in [3.63, 3.8) is 0 Å². The van der Waals surface area contributed by atoms with Crippen molar-refractivity contribution in [2.24, 2.45) is 0 Å². The first-order valence-corrected chi connectivity index (χ1v) is 10.7. The van der Waals surface area contributed by atoms with Gasteiger partial charge in [-0.15, -0.1) is 11.3 Å². The first kappa shape index (κ1) is 17.6. The van der Waals surface area contributed by atoms with Crippen molar-refractivity contribution < 1.29 is 13.2 Å². The monoisotopic (exact) mass is 428 g/mol. The normalized spacial score (nSPS) is 16.3. The Bertz CT molecular complexity index is 796. The van der Waals surface area contributed by atoms with Crippen LogP contribution >= 0.6 is 27.3 Å². The Morgan fingerprint density at radius 1 is 1.17 bits per heavy atom. The van der Waals surface area contributed by atoms with Crippen molar-refractivity contribution in [2.75, 3.05) is 13.1 Å². The van der Waals surface area contributed by atoms with E-state index in [0.29, 0.717) is 35.7 Å². The van der Waals surface area contributed by atoms with E-state index >= 15 is 0 Å². The van der Waals surface area contributed by atoms with Crippen LogP contribution in [0.25, 0.3) is 0 Å². The number of hydrogen-bond acceptors (Lipinski definition) is 4. The molecule has 0 spiro atoms. The molecule has 1 amide bonds. The van der Waals surface area contributed by atoms with Gasteiger partial charge in [0.2, 0.25) is 10.0 Å². The van der Waals surface area contributed by atoms with Crippen LogP contribution in [0.4, 0.5) is 0 Å². The lowest BCUT2D eigenvalue weighted by molar-refractivity contribution is 0.0711. The zero-order valence-corrected chi connectivity index (χ0v) is 16.0. The van der Waals surface area contributed by atoms with Gasteiger partial charge in [-0.2, -0.15) is 0 Å². The summed E-state index contributed by atoms with van der Waals surface area (Å²) in [5.41, 5.74) is 0.649. The SMILES string of the molecule is O=C(c1ccc(Br)cc1)N1CCC(NS(=O)(=O)c2cccs2)CC1. The molecule has 128 valence electrons. The second kappa shape index (κ2) is 7.35. The second-order valence-electron chi connectivity index (χ2n) is 5.63. The zero-order chi connectivity index (χ0) is 17.2. The van der Waals surface area contributed by atoms with Gasteiger partial charge >= 0.3 is 0 Å². The summed E-state index contributed by atoms with van der Waals surface area (Å²) in [6.07, 6.45) is 1.24. The third-order valence-corrected chi connectivity index (χ3v) is 7.40. The summed E-state index contributed by atoms with van der Waals surface area (Å²) >= 11 is 4.56. The van der Waals surface area contributed by atoms with Crippen molar-refractivity contribution in [1.82, 2.24) is 9.62 Å². The lowest BCUT2D eigenvalue weighted by Gasteiger charge is -2.32. The van der Waals surface area contributed by atoms with E-state index < -0.39 is 10.0 Å². The number of amides is 1. The molecule has 2 heterocycles. The molecule has 1 aliphatic heterocycles. The number of likely N-dealkylation sites (tertiary alicyclic amines) is 1. The first-order chi connectivity index (χ1) is 11.5. The number of carbonyl (C=O) groups excluding carboxylic acids is 1. The van der Waals surface area contributed by atoms with Gasteiger partial charge in [-0.3, -0.25) is 4.79 Å². The summed E-state index contributed by atoms with van der Waals surface area (Å²) in [6, 6.07) is 10.4. The van der Waals surface area contributed by atoms with Crippen LogP contribution in [-0.4, -0.2) is 38.4 Å². The van der Waals surface area contributed by atoms with Gasteiger partial charge < -0.3 is 4.90 Å². The standard InChI is InChI=1S/C16H17BrN2O3S2/c17-13-5-3-12(4-6-13)16(20)19-9-7-14(8-10-19)18-24(21,22)15-2-1-11-23-15/h1-6,11,14,18H,7-10H2. The lowest BCUT2D eigenvalue weighted by atomic mass is 10.0. The van der Waals surface area contributed by atoms with E-state index in [-0.39, 0.29) is 11.9 Å². The maximum atomic E-state index is 12.5. The molecule has 1 aromatic heterocycles. The van der Waals surface area contributed by atoms with Gasteiger partial charge in [-0.05, 0) is 48.6 Å². The summed E-state index contributed by atoms with van der Waals surface area (Å²) in [6.45, 7) is 1.10. The summed E-state index contributed by atoms with van der Waals surface area (Å²) in [5.74, 6) is -0.0120. The maximum absolute atomic E-state index is 12.5. The van der Waals surface area contributed by atoms with E-state index in [1.54, 1.807) is 34.5 Å². The van der Waals surface area contributed by atoms with Crippen LogP contribution in [0, 0.1) is 0 Å². The number of thiophene rings is 1. The van der Waals surface area contributed by atoms with Gasteiger partial charge in [-0.1, -0.05) is 22.0 Å². The van der Waals surface area contributed by atoms with E-state index in [2.05, 4.69) is 20.7 Å². The fourth-order valence-corrected chi connectivity index (χ4v) is 5.25. The molecule has 0 unspecified atom stereocenters. The highest BCUT2D eigenvalue weighted by molar-refractivity contribution is 9.10. The molecule has 0 saturated carbocycles. The molecule has 0 atom stereocenters. The summed E-state index contributed by atoms with van der Waals surface area (Å²) in [7, 11) is -3.45. The number of nitrogens with one attached hydrogen (secondary N) is 1. The van der Waals surface area contributed by atoms with Crippen molar-refractivity contribution in [2.45, 2.75) is 23.1 Å². The minimum absolute atomic E-state index is 0.0120. The zero-order valence-electron chi connectivity index (χ0n) is 12.8. The van der Waals surface area contributed by atoms with Gasteiger partial charge in [-0.25, -0.2) is 13.1 Å². The molecular formula is C16H17BrN2O3S2. The minimum atomic E-state index is -3.45. The van der Waals surface area contributed by atoms with Gasteiger partial charge in [0.05, 0.1) is 0 Å². The van der Waals surface area contributed by atoms with Crippen molar-refractivity contribution in [3.05, 3.63) is 51.8 Å². The van der Waals surface area contributed by atoms with Crippen LogP contribution in [0.3, 0.4) is 0 Å². The number of halogens is 1. The molecule has 1 aliphatic rings. The van der Waals surface area contributed by atoms with E-state index in [0.717, 1.165) is 4.47 Å².